The second kappa shape index (κ2) is 12.2. The van der Waals surface area contributed by atoms with Crippen LogP contribution in [0.4, 0.5) is 11.4 Å². The molecular formula is C53H72BNO. The summed E-state index contributed by atoms with van der Waals surface area (Å²) in [4.78, 5) is 2.69. The first-order valence-electron chi connectivity index (χ1n) is 22.0. The molecule has 2 aromatic carbocycles. The van der Waals surface area contributed by atoms with Gasteiger partial charge >= 0.3 is 0 Å². The highest BCUT2D eigenvalue weighted by molar-refractivity contribution is 6.91. The molecule has 0 bridgehead atoms. The summed E-state index contributed by atoms with van der Waals surface area (Å²) in [6, 6.07) is 15.2. The predicted molar refractivity (Wildman–Crippen MR) is 243 cm³/mol. The van der Waals surface area contributed by atoms with Gasteiger partial charge in [-0.3, -0.25) is 0 Å². The Labute approximate surface area is 341 Å². The first kappa shape index (κ1) is 39.6. The third-order valence-corrected chi connectivity index (χ3v) is 15.4. The lowest BCUT2D eigenvalue weighted by molar-refractivity contribution is 0.119. The molecule has 1 atom stereocenters. The van der Waals surface area contributed by atoms with E-state index in [1.165, 1.54) is 92.8 Å². The molecule has 56 heavy (non-hydrogen) atoms. The average molecular weight is 750 g/mol. The fourth-order valence-electron chi connectivity index (χ4n) is 10.9. The number of hydrogen-bond acceptors (Lipinski definition) is 2. The van der Waals surface area contributed by atoms with Crippen LogP contribution < -0.4 is 16.0 Å². The smallest absolute Gasteiger partial charge is 0.288 e. The van der Waals surface area contributed by atoms with Gasteiger partial charge in [0.05, 0.1) is 5.66 Å². The van der Waals surface area contributed by atoms with Gasteiger partial charge in [-0.15, -0.1) is 0 Å². The van der Waals surface area contributed by atoms with Crippen molar-refractivity contribution in [2.75, 3.05) is 4.90 Å². The van der Waals surface area contributed by atoms with Gasteiger partial charge in [-0.2, -0.15) is 0 Å². The first-order chi connectivity index (χ1) is 25.6. The number of furan rings is 1. The zero-order valence-corrected chi connectivity index (χ0v) is 38.4. The third-order valence-electron chi connectivity index (χ3n) is 15.4. The molecule has 0 amide bonds. The maximum atomic E-state index is 7.33. The van der Waals surface area contributed by atoms with Crippen LogP contribution in [0.15, 0.2) is 69.2 Å². The monoisotopic (exact) mass is 750 g/mol. The van der Waals surface area contributed by atoms with E-state index in [4.69, 9.17) is 4.42 Å². The summed E-state index contributed by atoms with van der Waals surface area (Å²) in [5.74, 6) is 1.71. The topological polar surface area (TPSA) is 16.4 Å². The van der Waals surface area contributed by atoms with Gasteiger partial charge in [-0.1, -0.05) is 153 Å². The van der Waals surface area contributed by atoms with Crippen LogP contribution in [0.1, 0.15) is 183 Å². The maximum Gasteiger partial charge on any atom is 0.288 e. The largest absolute Gasteiger partial charge is 0.475 e. The van der Waals surface area contributed by atoms with Gasteiger partial charge in [0, 0.05) is 29.1 Å². The van der Waals surface area contributed by atoms with E-state index < -0.39 is 0 Å². The second-order valence-corrected chi connectivity index (χ2v) is 24.5. The van der Waals surface area contributed by atoms with Crippen LogP contribution in [0.2, 0.25) is 0 Å². The number of anilines is 2. The Hall–Kier alpha value is -3.20. The van der Waals surface area contributed by atoms with Crippen molar-refractivity contribution in [3.63, 3.8) is 0 Å². The van der Waals surface area contributed by atoms with Gasteiger partial charge in [0.2, 0.25) is 0 Å². The molecule has 3 heteroatoms. The Kier molecular flexibility index (Phi) is 8.61. The van der Waals surface area contributed by atoms with Crippen molar-refractivity contribution in [2.24, 2.45) is 22.2 Å². The third kappa shape index (κ3) is 6.36. The lowest BCUT2D eigenvalue weighted by atomic mass is 9.36. The molecule has 1 unspecified atom stereocenters. The van der Waals surface area contributed by atoms with E-state index in [1.54, 1.807) is 5.57 Å². The Bertz CT molecular complexity index is 2190. The quantitative estimate of drug-likeness (QED) is 0.243. The van der Waals surface area contributed by atoms with Crippen LogP contribution in [-0.2, 0) is 28.1 Å². The summed E-state index contributed by atoms with van der Waals surface area (Å²) in [5, 5.41) is 0. The summed E-state index contributed by atoms with van der Waals surface area (Å²) in [6.45, 7) is 41.3. The van der Waals surface area contributed by atoms with Crippen LogP contribution in [0, 0.1) is 22.2 Å². The zero-order chi connectivity index (χ0) is 40.9. The van der Waals surface area contributed by atoms with Crippen LogP contribution in [0.25, 0.3) is 6.08 Å². The summed E-state index contributed by atoms with van der Waals surface area (Å²) in [7, 11) is 0. The lowest BCUT2D eigenvalue weighted by Gasteiger charge is -2.49. The standard InChI is InChI=1S/C53H72BNO/c1-47(2,3)33-24-34(48(4,5)6)26-36(25-33)55-43-28-35(49(7,8)9)27-41(43)54(42-29-38-39(30-44(42)55)52(14,15)20-19-51(38,12)13)46-23-32-22-37-40(31-45(32)56-46)53(16,17)21-18-50(37,10)11/h22-26,28-30,40H,18-21,27,31H2,1-17H3. The summed E-state index contributed by atoms with van der Waals surface area (Å²) in [6.07, 6.45) is 12.0. The highest BCUT2D eigenvalue weighted by atomic mass is 16.3. The Morgan fingerprint density at radius 2 is 1.21 bits per heavy atom. The molecule has 4 aliphatic carbocycles. The zero-order valence-electron chi connectivity index (χ0n) is 38.4. The van der Waals surface area contributed by atoms with E-state index in [-0.39, 0.29) is 44.6 Å². The normalized spacial score (nSPS) is 23.5. The van der Waals surface area contributed by atoms with Crippen LogP contribution >= 0.6 is 0 Å². The van der Waals surface area contributed by atoms with Crippen LogP contribution in [-0.4, -0.2) is 6.71 Å². The van der Waals surface area contributed by atoms with Gasteiger partial charge in [0.25, 0.3) is 6.71 Å². The number of rotatable bonds is 2. The van der Waals surface area contributed by atoms with E-state index in [0.29, 0.717) is 5.92 Å². The predicted octanol–water partition coefficient (Wildman–Crippen LogP) is 13.6. The van der Waals surface area contributed by atoms with Gasteiger partial charge in [0.15, 0.2) is 0 Å². The van der Waals surface area contributed by atoms with E-state index in [9.17, 15) is 0 Å². The number of allylic oxidation sites excluding steroid dienone is 4. The minimum atomic E-state index is 0.0143. The molecule has 2 heterocycles. The van der Waals surface area contributed by atoms with Gasteiger partial charge in [-0.25, -0.2) is 0 Å². The van der Waals surface area contributed by atoms with Crippen molar-refractivity contribution >= 4 is 35.3 Å². The van der Waals surface area contributed by atoms with Crippen molar-refractivity contribution in [1.82, 2.24) is 0 Å². The minimum absolute atomic E-state index is 0.0143. The molecule has 0 radical (unpaired) electrons. The number of benzene rings is 2. The van der Waals surface area contributed by atoms with Gasteiger partial charge < -0.3 is 9.32 Å². The molecular weight excluding hydrogens is 677 g/mol. The first-order valence-corrected chi connectivity index (χ1v) is 22.0. The van der Waals surface area contributed by atoms with Crippen molar-refractivity contribution in [3.05, 3.63) is 98.4 Å². The van der Waals surface area contributed by atoms with E-state index in [0.717, 1.165) is 18.5 Å². The molecule has 0 spiro atoms. The van der Waals surface area contributed by atoms with Crippen molar-refractivity contribution in [2.45, 2.75) is 178 Å². The molecule has 1 saturated carbocycles. The van der Waals surface area contributed by atoms with Crippen LogP contribution in [0.3, 0.4) is 0 Å². The fraction of sp³-hybridized carbons (Fsp3) is 0.585. The fourth-order valence-corrected chi connectivity index (χ4v) is 10.9. The molecule has 0 N–H and O–H groups in total. The Morgan fingerprint density at radius 1 is 0.643 bits per heavy atom. The molecule has 298 valence electrons. The molecule has 8 rings (SSSR count). The average Bonchev–Trinajstić information content (AvgIpc) is 3.70. The number of hydrogen-bond donors (Lipinski definition) is 0. The highest BCUT2D eigenvalue weighted by Crippen LogP contribution is 2.56. The molecule has 1 fully saturated rings. The van der Waals surface area contributed by atoms with Gasteiger partial charge in [0.1, 0.15) is 5.76 Å². The van der Waals surface area contributed by atoms with Gasteiger partial charge in [-0.05, 0) is 134 Å². The van der Waals surface area contributed by atoms with Crippen molar-refractivity contribution < 1.29 is 4.42 Å². The molecule has 2 nitrogen and oxygen atoms in total. The van der Waals surface area contributed by atoms with Crippen molar-refractivity contribution in [1.29, 1.82) is 0 Å². The molecule has 3 aromatic rings. The number of nitrogens with zero attached hydrogens (tertiary/aromatic N) is 1. The van der Waals surface area contributed by atoms with Crippen LogP contribution in [0.5, 0.6) is 0 Å². The summed E-state index contributed by atoms with van der Waals surface area (Å²) >= 11 is 0. The Morgan fingerprint density at radius 3 is 1.79 bits per heavy atom. The molecule has 1 aliphatic heterocycles. The lowest BCUT2D eigenvalue weighted by Crippen LogP contribution is -2.51. The summed E-state index contributed by atoms with van der Waals surface area (Å²) < 4.78 is 7.33. The Balaban J connectivity index is 1.42. The van der Waals surface area contributed by atoms with Crippen molar-refractivity contribution in [3.8, 4) is 0 Å². The number of fused-ring (bicyclic) bond motifs is 4. The molecule has 0 saturated heterocycles. The SMILES string of the molecule is CC(C)(C)C1=CC2=C(C1)B(c1cc3c(o1)CC1C(=C3)C(C)(C)CCC1(C)C)c1cc3c(cc1N2c1cc(C(C)(C)C)cc(C(C)(C)C)c1)C(C)(C)CCC3(C)C. The van der Waals surface area contributed by atoms with E-state index in [2.05, 4.69) is 171 Å². The highest BCUT2D eigenvalue weighted by Gasteiger charge is 2.49. The van der Waals surface area contributed by atoms with E-state index >= 15 is 0 Å². The molecule has 1 aromatic heterocycles. The summed E-state index contributed by atoms with van der Waals surface area (Å²) in [5.41, 5.74) is 19.0. The second-order valence-electron chi connectivity index (χ2n) is 24.5. The molecule has 5 aliphatic rings. The minimum Gasteiger partial charge on any atom is -0.475 e. The van der Waals surface area contributed by atoms with E-state index in [1.807, 2.05) is 0 Å². The maximum absolute atomic E-state index is 7.33.